The summed E-state index contributed by atoms with van der Waals surface area (Å²) in [5.74, 6) is -0.242. The molecule has 0 aromatic heterocycles. The quantitative estimate of drug-likeness (QED) is 0.475. The summed E-state index contributed by atoms with van der Waals surface area (Å²) in [6.45, 7) is 2.99. The van der Waals surface area contributed by atoms with Crippen LogP contribution in [-0.2, 0) is 9.53 Å². The highest BCUT2D eigenvalue weighted by molar-refractivity contribution is 5.66. The summed E-state index contributed by atoms with van der Waals surface area (Å²) in [5, 5.41) is 10.6. The molecule has 2 rings (SSSR count). The van der Waals surface area contributed by atoms with Crippen molar-refractivity contribution in [3.05, 3.63) is 34.4 Å². The normalized spacial score (nSPS) is 16.2. The summed E-state index contributed by atoms with van der Waals surface area (Å²) < 4.78 is 5.17. The highest BCUT2D eigenvalue weighted by Crippen LogP contribution is 2.23. The second-order valence-corrected chi connectivity index (χ2v) is 4.57. The van der Waals surface area contributed by atoms with E-state index >= 15 is 0 Å². The van der Waals surface area contributed by atoms with Gasteiger partial charge in [-0.1, -0.05) is 0 Å². The number of benzene rings is 1. The molecule has 0 unspecified atom stereocenters. The van der Waals surface area contributed by atoms with E-state index in [0.29, 0.717) is 0 Å². The van der Waals surface area contributed by atoms with Crippen LogP contribution in [0.25, 0.3) is 0 Å². The van der Waals surface area contributed by atoms with Gasteiger partial charge in [-0.05, 0) is 12.1 Å². The summed E-state index contributed by atoms with van der Waals surface area (Å²) >= 11 is 0. The molecular formula is C13H16N2O4. The molecule has 19 heavy (non-hydrogen) atoms. The highest BCUT2D eigenvalue weighted by atomic mass is 16.6. The largest absolute Gasteiger partial charge is 0.462 e. The Hall–Kier alpha value is -2.11. The third-order valence-electron chi connectivity index (χ3n) is 3.20. The number of hydrogen-bond acceptors (Lipinski definition) is 5. The van der Waals surface area contributed by atoms with Gasteiger partial charge in [-0.25, -0.2) is 0 Å². The van der Waals surface area contributed by atoms with E-state index in [4.69, 9.17) is 4.74 Å². The first-order chi connectivity index (χ1) is 9.06. The Kier molecular flexibility index (Phi) is 3.99. The fraction of sp³-hybridized carbons (Fsp3) is 0.462. The van der Waals surface area contributed by atoms with Crippen LogP contribution in [0.1, 0.15) is 19.8 Å². The molecule has 0 bridgehead atoms. The first kappa shape index (κ1) is 13.3. The molecule has 0 aliphatic carbocycles. The Morgan fingerprint density at radius 1 is 1.32 bits per heavy atom. The van der Waals surface area contributed by atoms with Gasteiger partial charge in [-0.2, -0.15) is 0 Å². The summed E-state index contributed by atoms with van der Waals surface area (Å²) in [7, 11) is 0. The number of non-ortho nitro benzene ring substituents is 1. The Morgan fingerprint density at radius 3 is 2.37 bits per heavy atom. The average molecular weight is 264 g/mol. The van der Waals surface area contributed by atoms with E-state index in [2.05, 4.69) is 4.90 Å². The number of piperidine rings is 1. The van der Waals surface area contributed by atoms with Crippen molar-refractivity contribution in [2.45, 2.75) is 25.9 Å². The van der Waals surface area contributed by atoms with Gasteiger partial charge in [0.05, 0.1) is 4.92 Å². The SMILES string of the molecule is CC(=O)OC1CCN(c2ccc([N+](=O)[O-])cc2)CC1. The Bertz CT molecular complexity index is 464. The number of rotatable bonds is 3. The number of hydrogen-bond donors (Lipinski definition) is 0. The summed E-state index contributed by atoms with van der Waals surface area (Å²) in [6.07, 6.45) is 1.57. The molecule has 1 aromatic carbocycles. The van der Waals surface area contributed by atoms with Crippen LogP contribution >= 0.6 is 0 Å². The first-order valence-corrected chi connectivity index (χ1v) is 6.23. The van der Waals surface area contributed by atoms with Crippen molar-refractivity contribution in [3.63, 3.8) is 0 Å². The summed E-state index contributed by atoms with van der Waals surface area (Å²) in [6, 6.07) is 6.52. The van der Waals surface area contributed by atoms with Gasteiger partial charge in [-0.3, -0.25) is 14.9 Å². The number of nitro groups is 1. The molecule has 0 radical (unpaired) electrons. The van der Waals surface area contributed by atoms with Crippen molar-refractivity contribution >= 4 is 17.3 Å². The minimum Gasteiger partial charge on any atom is -0.462 e. The van der Waals surface area contributed by atoms with Gasteiger partial charge < -0.3 is 9.64 Å². The average Bonchev–Trinajstić information content (AvgIpc) is 2.39. The Labute approximate surface area is 111 Å². The minimum absolute atomic E-state index is 0.00759. The number of carbonyl (C=O) groups is 1. The van der Waals surface area contributed by atoms with Gasteiger partial charge in [0.1, 0.15) is 6.10 Å². The molecule has 6 nitrogen and oxygen atoms in total. The smallest absolute Gasteiger partial charge is 0.302 e. The van der Waals surface area contributed by atoms with E-state index < -0.39 is 4.92 Å². The molecule has 0 saturated carbocycles. The van der Waals surface area contributed by atoms with Crippen molar-refractivity contribution < 1.29 is 14.5 Å². The van der Waals surface area contributed by atoms with Crippen molar-refractivity contribution in [2.24, 2.45) is 0 Å². The lowest BCUT2D eigenvalue weighted by Gasteiger charge is -2.33. The van der Waals surface area contributed by atoms with Gasteiger partial charge in [0.25, 0.3) is 5.69 Å². The van der Waals surface area contributed by atoms with Gasteiger partial charge in [0.15, 0.2) is 0 Å². The van der Waals surface area contributed by atoms with Crippen molar-refractivity contribution in [3.8, 4) is 0 Å². The molecule has 0 atom stereocenters. The van der Waals surface area contributed by atoms with Gasteiger partial charge in [0.2, 0.25) is 0 Å². The van der Waals surface area contributed by atoms with Gasteiger partial charge >= 0.3 is 5.97 Å². The highest BCUT2D eigenvalue weighted by Gasteiger charge is 2.21. The van der Waals surface area contributed by atoms with Crippen LogP contribution in [0, 0.1) is 10.1 Å². The van der Waals surface area contributed by atoms with Crippen LogP contribution < -0.4 is 4.90 Å². The van der Waals surface area contributed by atoms with E-state index in [0.717, 1.165) is 31.6 Å². The molecule has 6 heteroatoms. The molecule has 1 aromatic rings. The zero-order valence-corrected chi connectivity index (χ0v) is 10.7. The second kappa shape index (κ2) is 5.69. The van der Waals surface area contributed by atoms with Gasteiger partial charge in [-0.15, -0.1) is 0 Å². The van der Waals surface area contributed by atoms with Crippen LogP contribution in [0.3, 0.4) is 0 Å². The van der Waals surface area contributed by atoms with Crippen molar-refractivity contribution in [2.75, 3.05) is 18.0 Å². The number of ether oxygens (including phenoxy) is 1. The fourth-order valence-electron chi connectivity index (χ4n) is 2.25. The molecular weight excluding hydrogens is 248 g/mol. The lowest BCUT2D eigenvalue weighted by molar-refractivity contribution is -0.384. The van der Waals surface area contributed by atoms with Crippen molar-refractivity contribution in [1.29, 1.82) is 0 Å². The predicted molar refractivity (Wildman–Crippen MR) is 70.1 cm³/mol. The van der Waals surface area contributed by atoms with E-state index in [1.807, 2.05) is 0 Å². The molecule has 1 saturated heterocycles. The third kappa shape index (κ3) is 3.43. The number of nitro benzene ring substituents is 1. The number of nitrogens with zero attached hydrogens (tertiary/aromatic N) is 2. The van der Waals surface area contributed by atoms with Crippen LogP contribution in [0.4, 0.5) is 11.4 Å². The molecule has 1 fully saturated rings. The van der Waals surface area contributed by atoms with Crippen LogP contribution in [0.5, 0.6) is 0 Å². The topological polar surface area (TPSA) is 72.7 Å². The number of esters is 1. The van der Waals surface area contributed by atoms with Crippen LogP contribution in [0.2, 0.25) is 0 Å². The second-order valence-electron chi connectivity index (χ2n) is 4.57. The zero-order chi connectivity index (χ0) is 13.8. The standard InChI is InChI=1S/C13H16N2O4/c1-10(16)19-13-6-8-14(9-7-13)11-2-4-12(5-3-11)15(17)18/h2-5,13H,6-9H2,1H3. The Morgan fingerprint density at radius 2 is 1.89 bits per heavy atom. The monoisotopic (exact) mass is 264 g/mol. The Balaban J connectivity index is 1.94. The fourth-order valence-corrected chi connectivity index (χ4v) is 2.25. The maximum Gasteiger partial charge on any atom is 0.302 e. The maximum absolute atomic E-state index is 10.9. The molecule has 1 aliphatic rings. The van der Waals surface area contributed by atoms with E-state index in [1.54, 1.807) is 12.1 Å². The van der Waals surface area contributed by atoms with Crippen molar-refractivity contribution in [1.82, 2.24) is 0 Å². The lowest BCUT2D eigenvalue weighted by Crippen LogP contribution is -2.37. The predicted octanol–water partition coefficient (Wildman–Crippen LogP) is 2.13. The molecule has 1 heterocycles. The minimum atomic E-state index is -0.406. The zero-order valence-electron chi connectivity index (χ0n) is 10.7. The summed E-state index contributed by atoms with van der Waals surface area (Å²) in [5.41, 5.74) is 1.06. The summed E-state index contributed by atoms with van der Waals surface area (Å²) in [4.78, 5) is 23.2. The molecule has 102 valence electrons. The molecule has 0 spiro atoms. The van der Waals surface area contributed by atoms with Crippen LogP contribution in [-0.4, -0.2) is 30.1 Å². The molecule has 0 N–H and O–H groups in total. The number of carbonyl (C=O) groups excluding carboxylic acids is 1. The number of anilines is 1. The lowest BCUT2D eigenvalue weighted by atomic mass is 10.1. The maximum atomic E-state index is 10.9. The molecule has 0 amide bonds. The van der Waals surface area contributed by atoms with Crippen LogP contribution in [0.15, 0.2) is 24.3 Å². The van der Waals surface area contributed by atoms with E-state index in [1.165, 1.54) is 19.1 Å². The third-order valence-corrected chi connectivity index (χ3v) is 3.20. The molecule has 1 aliphatic heterocycles. The van der Waals surface area contributed by atoms with E-state index in [9.17, 15) is 14.9 Å². The van der Waals surface area contributed by atoms with Gasteiger partial charge in [0, 0.05) is 50.7 Å². The first-order valence-electron chi connectivity index (χ1n) is 6.23. The van der Waals surface area contributed by atoms with E-state index in [-0.39, 0.29) is 17.8 Å².